The van der Waals surface area contributed by atoms with Crippen LogP contribution < -0.4 is 5.32 Å². The average Bonchev–Trinajstić information content (AvgIpc) is 2.69. The minimum Gasteiger partial charge on any atom is -0.346 e. The predicted molar refractivity (Wildman–Crippen MR) is 106 cm³/mol. The Kier molecular flexibility index (Phi) is 6.15. The number of benzene rings is 2. The second-order valence-corrected chi connectivity index (χ2v) is 9.30. The van der Waals surface area contributed by atoms with E-state index in [1.807, 2.05) is 0 Å². The molecule has 0 spiro atoms. The number of nitrogens with zero attached hydrogens (tertiary/aromatic N) is 1. The summed E-state index contributed by atoms with van der Waals surface area (Å²) >= 11 is 0. The molecule has 5 nitrogen and oxygen atoms in total. The summed E-state index contributed by atoms with van der Waals surface area (Å²) < 4.78 is 40.4. The van der Waals surface area contributed by atoms with Gasteiger partial charge in [0, 0.05) is 18.7 Å². The highest BCUT2D eigenvalue weighted by Gasteiger charge is 2.28. The number of rotatable bonds is 5. The molecule has 28 heavy (non-hydrogen) atoms. The molecule has 3 rings (SSSR count). The van der Waals surface area contributed by atoms with Crippen molar-refractivity contribution in [1.82, 2.24) is 9.62 Å². The van der Waals surface area contributed by atoms with E-state index in [2.05, 4.69) is 12.2 Å². The molecular formula is C21H25FN2O3S. The van der Waals surface area contributed by atoms with Gasteiger partial charge >= 0.3 is 0 Å². The molecule has 7 heteroatoms. The Bertz CT molecular complexity index is 936. The van der Waals surface area contributed by atoms with Gasteiger partial charge in [0.1, 0.15) is 5.82 Å². The summed E-state index contributed by atoms with van der Waals surface area (Å²) in [4.78, 5) is 12.7. The van der Waals surface area contributed by atoms with Gasteiger partial charge in [0.05, 0.1) is 10.9 Å². The van der Waals surface area contributed by atoms with Crippen LogP contribution in [0.4, 0.5) is 4.39 Å². The predicted octanol–water partition coefficient (Wildman–Crippen LogP) is 3.74. The third kappa shape index (κ3) is 4.59. The number of amides is 1. The van der Waals surface area contributed by atoms with Gasteiger partial charge in [0.25, 0.3) is 5.91 Å². The SMILES string of the molecule is CC1CCN(S(=O)(=O)c2cccc(C(=O)NC(C)c3ccc(F)cc3)c2)CC1. The smallest absolute Gasteiger partial charge is 0.251 e. The van der Waals surface area contributed by atoms with Gasteiger partial charge in [-0.3, -0.25) is 4.79 Å². The summed E-state index contributed by atoms with van der Waals surface area (Å²) in [6.07, 6.45) is 1.68. The van der Waals surface area contributed by atoms with Crippen molar-refractivity contribution in [3.8, 4) is 0 Å². The fraction of sp³-hybridized carbons (Fsp3) is 0.381. The molecule has 0 radical (unpaired) electrons. The number of carbonyl (C=O) groups excluding carboxylic acids is 1. The molecule has 2 aromatic carbocycles. The fourth-order valence-electron chi connectivity index (χ4n) is 3.29. The highest BCUT2D eigenvalue weighted by molar-refractivity contribution is 7.89. The second kappa shape index (κ2) is 8.41. The van der Waals surface area contributed by atoms with Gasteiger partial charge in [0.15, 0.2) is 0 Å². The Morgan fingerprint density at radius 1 is 1.14 bits per heavy atom. The molecule has 1 unspecified atom stereocenters. The molecule has 150 valence electrons. The van der Waals surface area contributed by atoms with E-state index in [-0.39, 0.29) is 28.2 Å². The number of carbonyl (C=O) groups is 1. The lowest BCUT2D eigenvalue weighted by Gasteiger charge is -2.29. The van der Waals surface area contributed by atoms with E-state index in [0.29, 0.717) is 19.0 Å². The van der Waals surface area contributed by atoms with E-state index in [9.17, 15) is 17.6 Å². The molecule has 0 bridgehead atoms. The normalized spacial score (nSPS) is 17.2. The summed E-state index contributed by atoms with van der Waals surface area (Å²) in [7, 11) is -3.62. The second-order valence-electron chi connectivity index (χ2n) is 7.36. The van der Waals surface area contributed by atoms with E-state index in [1.165, 1.54) is 28.6 Å². The van der Waals surface area contributed by atoms with Crippen molar-refractivity contribution >= 4 is 15.9 Å². The van der Waals surface area contributed by atoms with Gasteiger partial charge < -0.3 is 5.32 Å². The molecule has 1 fully saturated rings. The van der Waals surface area contributed by atoms with Crippen LogP contribution in [0.5, 0.6) is 0 Å². The molecule has 1 atom stereocenters. The van der Waals surface area contributed by atoms with Gasteiger partial charge in [-0.1, -0.05) is 25.1 Å². The van der Waals surface area contributed by atoms with E-state index < -0.39 is 10.0 Å². The van der Waals surface area contributed by atoms with E-state index in [0.717, 1.165) is 18.4 Å². The molecule has 0 aromatic heterocycles. The zero-order valence-corrected chi connectivity index (χ0v) is 16.9. The van der Waals surface area contributed by atoms with Crippen LogP contribution in [-0.4, -0.2) is 31.7 Å². The minimum absolute atomic E-state index is 0.129. The van der Waals surface area contributed by atoms with Crippen molar-refractivity contribution in [2.24, 2.45) is 5.92 Å². The van der Waals surface area contributed by atoms with Gasteiger partial charge in [-0.25, -0.2) is 12.8 Å². The summed E-state index contributed by atoms with van der Waals surface area (Å²) in [5.41, 5.74) is 1.04. The molecule has 1 aliphatic rings. The minimum atomic E-state index is -3.62. The Morgan fingerprint density at radius 3 is 2.43 bits per heavy atom. The van der Waals surface area contributed by atoms with Crippen molar-refractivity contribution in [1.29, 1.82) is 0 Å². The molecule has 0 aliphatic carbocycles. The third-order valence-electron chi connectivity index (χ3n) is 5.19. The monoisotopic (exact) mass is 404 g/mol. The molecule has 0 saturated carbocycles. The van der Waals surface area contributed by atoms with Gasteiger partial charge in [-0.05, 0) is 61.6 Å². The van der Waals surface area contributed by atoms with Crippen LogP contribution >= 0.6 is 0 Å². The number of nitrogens with one attached hydrogen (secondary N) is 1. The highest BCUT2D eigenvalue weighted by Crippen LogP contribution is 2.24. The summed E-state index contributed by atoms with van der Waals surface area (Å²) in [6.45, 7) is 4.92. The van der Waals surface area contributed by atoms with Crippen LogP contribution in [-0.2, 0) is 10.0 Å². The van der Waals surface area contributed by atoms with Crippen LogP contribution in [0.25, 0.3) is 0 Å². The molecule has 1 aliphatic heterocycles. The lowest BCUT2D eigenvalue weighted by Crippen LogP contribution is -2.38. The maximum Gasteiger partial charge on any atom is 0.251 e. The van der Waals surface area contributed by atoms with Crippen LogP contribution in [0.3, 0.4) is 0 Å². The van der Waals surface area contributed by atoms with Crippen LogP contribution in [0.2, 0.25) is 0 Å². The maximum absolute atomic E-state index is 13.1. The van der Waals surface area contributed by atoms with Gasteiger partial charge in [-0.2, -0.15) is 4.31 Å². The summed E-state index contributed by atoms with van der Waals surface area (Å²) in [5.74, 6) is -0.190. The Hall–Kier alpha value is -2.25. The first-order chi connectivity index (χ1) is 13.3. The molecule has 1 saturated heterocycles. The molecular weight excluding hydrogens is 379 g/mol. The lowest BCUT2D eigenvalue weighted by atomic mass is 10.0. The molecule has 1 N–H and O–H groups in total. The van der Waals surface area contributed by atoms with Crippen LogP contribution in [0.15, 0.2) is 53.4 Å². The number of piperidine rings is 1. The third-order valence-corrected chi connectivity index (χ3v) is 7.09. The van der Waals surface area contributed by atoms with E-state index in [1.54, 1.807) is 31.2 Å². The van der Waals surface area contributed by atoms with Crippen LogP contribution in [0.1, 0.15) is 48.7 Å². The van der Waals surface area contributed by atoms with E-state index in [4.69, 9.17) is 0 Å². The van der Waals surface area contributed by atoms with Crippen molar-refractivity contribution in [3.63, 3.8) is 0 Å². The zero-order valence-electron chi connectivity index (χ0n) is 16.1. The van der Waals surface area contributed by atoms with Crippen molar-refractivity contribution in [2.45, 2.75) is 37.6 Å². The average molecular weight is 405 g/mol. The molecule has 1 heterocycles. The number of sulfonamides is 1. The first-order valence-electron chi connectivity index (χ1n) is 9.44. The first-order valence-corrected chi connectivity index (χ1v) is 10.9. The number of hydrogen-bond donors (Lipinski definition) is 1. The van der Waals surface area contributed by atoms with Gasteiger partial charge in [0.2, 0.25) is 10.0 Å². The van der Waals surface area contributed by atoms with Crippen LogP contribution in [0, 0.1) is 11.7 Å². The topological polar surface area (TPSA) is 66.5 Å². The van der Waals surface area contributed by atoms with Crippen molar-refractivity contribution in [2.75, 3.05) is 13.1 Å². The fourth-order valence-corrected chi connectivity index (χ4v) is 4.80. The first kappa shape index (κ1) is 20.5. The molecule has 1 amide bonds. The Morgan fingerprint density at radius 2 is 1.79 bits per heavy atom. The standard InChI is InChI=1S/C21H25FN2O3S/c1-15-10-12-24(13-11-15)28(26,27)20-5-3-4-18(14-20)21(25)23-16(2)17-6-8-19(22)9-7-17/h3-9,14-16H,10-13H2,1-2H3,(H,23,25). The van der Waals surface area contributed by atoms with Crippen molar-refractivity contribution in [3.05, 3.63) is 65.5 Å². The quantitative estimate of drug-likeness (QED) is 0.826. The lowest BCUT2D eigenvalue weighted by molar-refractivity contribution is 0.0939. The molecule has 2 aromatic rings. The maximum atomic E-state index is 13.1. The zero-order chi connectivity index (χ0) is 20.3. The summed E-state index contributed by atoms with van der Waals surface area (Å²) in [5, 5.41) is 2.83. The van der Waals surface area contributed by atoms with Crippen molar-refractivity contribution < 1.29 is 17.6 Å². The highest BCUT2D eigenvalue weighted by atomic mass is 32.2. The number of hydrogen-bond acceptors (Lipinski definition) is 3. The Balaban J connectivity index is 1.75. The van der Waals surface area contributed by atoms with Gasteiger partial charge in [-0.15, -0.1) is 0 Å². The summed E-state index contributed by atoms with van der Waals surface area (Å²) in [6, 6.07) is 11.7. The Labute approximate surface area is 165 Å². The van der Waals surface area contributed by atoms with E-state index >= 15 is 0 Å². The number of halogens is 1. The largest absolute Gasteiger partial charge is 0.346 e.